The fourth-order valence-electron chi connectivity index (χ4n) is 3.72. The monoisotopic (exact) mass is 485 g/mol. The number of carbonyl (C=O) groups is 1. The Balaban J connectivity index is 1.65. The molecule has 34 heavy (non-hydrogen) atoms. The third-order valence-corrected chi connectivity index (χ3v) is 6.52. The van der Waals surface area contributed by atoms with E-state index >= 15 is 0 Å². The molecule has 0 aliphatic carbocycles. The minimum Gasteiger partial charge on any atom is -0.349 e. The Labute approximate surface area is 197 Å². The zero-order valence-corrected chi connectivity index (χ0v) is 19.1. The van der Waals surface area contributed by atoms with Gasteiger partial charge in [-0.1, -0.05) is 36.4 Å². The number of rotatable bonds is 7. The van der Waals surface area contributed by atoms with Crippen LogP contribution in [0.4, 0.5) is 13.2 Å². The van der Waals surface area contributed by atoms with Gasteiger partial charge in [0.15, 0.2) is 0 Å². The van der Waals surface area contributed by atoms with Crippen molar-refractivity contribution in [1.29, 1.82) is 0 Å². The van der Waals surface area contributed by atoms with Crippen LogP contribution in [0.15, 0.2) is 70.8 Å². The number of fused-ring (bicyclic) bond motifs is 1. The zero-order valence-electron chi connectivity index (χ0n) is 18.3. The number of aryl methyl sites for hydroxylation is 1. The summed E-state index contributed by atoms with van der Waals surface area (Å²) in [4.78, 5) is 30.9. The predicted octanol–water partition coefficient (Wildman–Crippen LogP) is 5.34. The molecule has 2 aromatic heterocycles. The van der Waals surface area contributed by atoms with Gasteiger partial charge in [-0.25, -0.2) is 4.98 Å². The van der Waals surface area contributed by atoms with E-state index in [-0.39, 0.29) is 42.5 Å². The van der Waals surface area contributed by atoms with Crippen molar-refractivity contribution in [2.75, 3.05) is 0 Å². The van der Waals surface area contributed by atoms with E-state index in [1.54, 1.807) is 0 Å². The van der Waals surface area contributed by atoms with E-state index in [4.69, 9.17) is 0 Å². The first-order chi connectivity index (χ1) is 16.2. The smallest absolute Gasteiger partial charge is 0.349 e. The first kappa shape index (κ1) is 23.7. The van der Waals surface area contributed by atoms with Crippen LogP contribution in [-0.4, -0.2) is 15.5 Å². The summed E-state index contributed by atoms with van der Waals surface area (Å²) >= 11 is 1.53. The number of benzene rings is 2. The molecule has 4 aromatic rings. The zero-order chi connectivity index (χ0) is 24.3. The van der Waals surface area contributed by atoms with Gasteiger partial charge in [0.05, 0.1) is 29.2 Å². The van der Waals surface area contributed by atoms with Crippen molar-refractivity contribution in [3.05, 3.63) is 98.1 Å². The highest BCUT2D eigenvalue weighted by Crippen LogP contribution is 2.31. The van der Waals surface area contributed by atoms with Gasteiger partial charge in [-0.3, -0.25) is 9.59 Å². The van der Waals surface area contributed by atoms with Gasteiger partial charge >= 0.3 is 6.18 Å². The Bertz CT molecular complexity index is 1350. The van der Waals surface area contributed by atoms with Crippen LogP contribution in [0.5, 0.6) is 0 Å². The molecule has 2 aromatic carbocycles. The molecule has 176 valence electrons. The molecule has 0 radical (unpaired) electrons. The highest BCUT2D eigenvalue weighted by Gasteiger charge is 2.31. The molecule has 5 nitrogen and oxygen atoms in total. The van der Waals surface area contributed by atoms with Gasteiger partial charge in [-0.2, -0.15) is 13.2 Å². The van der Waals surface area contributed by atoms with Gasteiger partial charge in [-0.15, -0.1) is 11.3 Å². The summed E-state index contributed by atoms with van der Waals surface area (Å²) in [7, 11) is 0. The predicted molar refractivity (Wildman–Crippen MR) is 126 cm³/mol. The minimum absolute atomic E-state index is 0.00619. The third-order valence-electron chi connectivity index (χ3n) is 5.46. The second-order valence-electron chi connectivity index (χ2n) is 7.94. The average Bonchev–Trinajstić information content (AvgIpc) is 3.35. The van der Waals surface area contributed by atoms with Crippen molar-refractivity contribution >= 4 is 28.3 Å². The number of thiophene rings is 1. The van der Waals surface area contributed by atoms with E-state index in [1.165, 1.54) is 22.0 Å². The van der Waals surface area contributed by atoms with E-state index < -0.39 is 17.3 Å². The van der Waals surface area contributed by atoms with Gasteiger partial charge in [0.2, 0.25) is 5.91 Å². The number of hydrogen-bond acceptors (Lipinski definition) is 4. The van der Waals surface area contributed by atoms with Crippen molar-refractivity contribution in [3.63, 3.8) is 0 Å². The average molecular weight is 486 g/mol. The molecule has 0 aliphatic rings. The SMILES string of the molecule is C[C@H](NC(=O)CCc1nc2cc(C(F)(F)F)ccc2n(Cc2ccccc2)c1=O)c1cccs1. The minimum atomic E-state index is -4.53. The van der Waals surface area contributed by atoms with Crippen molar-refractivity contribution < 1.29 is 18.0 Å². The Kier molecular flexibility index (Phi) is 6.83. The van der Waals surface area contributed by atoms with Crippen molar-refractivity contribution in [2.24, 2.45) is 0 Å². The highest BCUT2D eigenvalue weighted by molar-refractivity contribution is 7.10. The van der Waals surface area contributed by atoms with Crippen LogP contribution in [0.25, 0.3) is 11.0 Å². The fourth-order valence-corrected chi connectivity index (χ4v) is 4.45. The van der Waals surface area contributed by atoms with Gasteiger partial charge in [0.25, 0.3) is 5.56 Å². The third kappa shape index (κ3) is 5.36. The molecular weight excluding hydrogens is 463 g/mol. The van der Waals surface area contributed by atoms with E-state index in [2.05, 4.69) is 10.3 Å². The van der Waals surface area contributed by atoms with Crippen molar-refractivity contribution in [1.82, 2.24) is 14.9 Å². The van der Waals surface area contributed by atoms with Gasteiger partial charge in [-0.05, 0) is 42.1 Å². The molecule has 1 atom stereocenters. The summed E-state index contributed by atoms with van der Waals surface area (Å²) in [5.74, 6) is -0.263. The molecule has 2 heterocycles. The summed E-state index contributed by atoms with van der Waals surface area (Å²) in [5.41, 5.74) is -0.0117. The van der Waals surface area contributed by atoms with Gasteiger partial charge in [0, 0.05) is 17.7 Å². The normalized spacial score (nSPS) is 12.6. The van der Waals surface area contributed by atoms with Crippen LogP contribution in [0.3, 0.4) is 0 Å². The molecule has 9 heteroatoms. The van der Waals surface area contributed by atoms with Gasteiger partial charge < -0.3 is 9.88 Å². The summed E-state index contributed by atoms with van der Waals surface area (Å²) in [6, 6.07) is 16.0. The Morgan fingerprint density at radius 1 is 1.12 bits per heavy atom. The van der Waals surface area contributed by atoms with Crippen LogP contribution in [0.1, 0.15) is 41.1 Å². The number of amides is 1. The lowest BCUT2D eigenvalue weighted by Crippen LogP contribution is -2.29. The fraction of sp³-hybridized carbons (Fsp3) is 0.240. The van der Waals surface area contributed by atoms with Crippen molar-refractivity contribution in [2.45, 2.75) is 38.5 Å². The quantitative estimate of drug-likeness (QED) is 0.385. The van der Waals surface area contributed by atoms with E-state index in [0.29, 0.717) is 5.52 Å². The first-order valence-electron chi connectivity index (χ1n) is 10.7. The molecule has 4 rings (SSSR count). The number of aromatic nitrogens is 2. The first-order valence-corrected chi connectivity index (χ1v) is 11.6. The Morgan fingerprint density at radius 3 is 2.56 bits per heavy atom. The van der Waals surface area contributed by atoms with Crippen LogP contribution < -0.4 is 10.9 Å². The van der Waals surface area contributed by atoms with Gasteiger partial charge in [0.1, 0.15) is 5.69 Å². The van der Waals surface area contributed by atoms with Crippen LogP contribution in [0.2, 0.25) is 0 Å². The molecular formula is C25H22F3N3O2S. The second kappa shape index (κ2) is 9.80. The molecule has 1 N–H and O–H groups in total. The number of halogens is 3. The number of hydrogen-bond donors (Lipinski definition) is 1. The molecule has 1 amide bonds. The van der Waals surface area contributed by atoms with E-state index in [9.17, 15) is 22.8 Å². The molecule has 0 bridgehead atoms. The lowest BCUT2D eigenvalue weighted by atomic mass is 10.1. The number of carbonyl (C=O) groups excluding carboxylic acids is 1. The number of nitrogens with one attached hydrogen (secondary N) is 1. The number of alkyl halides is 3. The van der Waals surface area contributed by atoms with Crippen LogP contribution in [0, 0.1) is 0 Å². The Morgan fingerprint density at radius 2 is 1.88 bits per heavy atom. The van der Waals surface area contributed by atoms with E-state index in [0.717, 1.165) is 22.6 Å². The standard InChI is InChI=1S/C25H22F3N3O2S/c1-16(22-8-5-13-34-22)29-23(32)12-10-19-24(33)31(15-17-6-3-2-4-7-17)21-11-9-18(25(26,27)28)14-20(21)30-19/h2-9,11,13-14,16H,10,12,15H2,1H3,(H,29,32)/t16-/m0/s1. The molecule has 0 saturated carbocycles. The summed E-state index contributed by atoms with van der Waals surface area (Å²) in [6.07, 6.45) is -4.52. The highest BCUT2D eigenvalue weighted by atomic mass is 32.1. The Hall–Kier alpha value is -3.46. The number of nitrogens with zero attached hydrogens (tertiary/aromatic N) is 2. The lowest BCUT2D eigenvalue weighted by Gasteiger charge is -2.15. The van der Waals surface area contributed by atoms with Crippen LogP contribution in [-0.2, 0) is 23.9 Å². The molecule has 0 aliphatic heterocycles. The van der Waals surface area contributed by atoms with Crippen LogP contribution >= 0.6 is 11.3 Å². The maximum atomic E-state index is 13.3. The summed E-state index contributed by atoms with van der Waals surface area (Å²) < 4.78 is 41.3. The summed E-state index contributed by atoms with van der Waals surface area (Å²) in [6.45, 7) is 2.04. The maximum absolute atomic E-state index is 13.3. The largest absolute Gasteiger partial charge is 0.416 e. The molecule has 0 fully saturated rings. The second-order valence-corrected chi connectivity index (χ2v) is 8.92. The molecule has 0 unspecified atom stereocenters. The molecule has 0 spiro atoms. The van der Waals surface area contributed by atoms with Crippen molar-refractivity contribution in [3.8, 4) is 0 Å². The molecule has 0 saturated heterocycles. The topological polar surface area (TPSA) is 64.0 Å². The maximum Gasteiger partial charge on any atom is 0.416 e. The summed E-state index contributed by atoms with van der Waals surface area (Å²) in [5, 5.41) is 4.80. The lowest BCUT2D eigenvalue weighted by molar-refractivity contribution is -0.137. The van der Waals surface area contributed by atoms with E-state index in [1.807, 2.05) is 54.8 Å².